The van der Waals surface area contributed by atoms with E-state index in [0.29, 0.717) is 4.80 Å². The summed E-state index contributed by atoms with van der Waals surface area (Å²) in [6, 6.07) is 13.4. The molecule has 0 saturated carbocycles. The fourth-order valence-corrected chi connectivity index (χ4v) is 5.39. The Morgan fingerprint density at radius 3 is 2.39 bits per heavy atom. The highest BCUT2D eigenvalue weighted by Crippen LogP contribution is 2.18. The first kappa shape index (κ1) is 22.4. The van der Waals surface area contributed by atoms with Crippen molar-refractivity contribution in [3.63, 3.8) is 0 Å². The number of aromatic nitrogens is 1. The molecule has 0 saturated heterocycles. The number of amides is 1. The second-order valence-corrected chi connectivity index (χ2v) is 9.43. The number of hydrogen-bond donors (Lipinski definition) is 0. The summed E-state index contributed by atoms with van der Waals surface area (Å²) >= 11 is 1.37. The van der Waals surface area contributed by atoms with Gasteiger partial charge in [-0.1, -0.05) is 41.5 Å². The van der Waals surface area contributed by atoms with Crippen LogP contribution in [0.15, 0.2) is 83.7 Å². The molecule has 31 heavy (non-hydrogen) atoms. The minimum absolute atomic E-state index is 0.0806. The zero-order valence-corrected chi connectivity index (χ0v) is 18.4. The lowest BCUT2D eigenvalue weighted by Crippen LogP contribution is -2.31. The van der Waals surface area contributed by atoms with Gasteiger partial charge in [-0.25, -0.2) is 8.42 Å². The van der Waals surface area contributed by atoms with Gasteiger partial charge in [0.15, 0.2) is 4.80 Å². The molecular formula is C23H21N3O3S2. The van der Waals surface area contributed by atoms with Gasteiger partial charge >= 0.3 is 0 Å². The van der Waals surface area contributed by atoms with Crippen molar-refractivity contribution >= 4 is 37.5 Å². The quantitative estimate of drug-likeness (QED) is 0.389. The Labute approximate surface area is 185 Å². The molecule has 0 fully saturated rings. The predicted octanol–water partition coefficient (Wildman–Crippen LogP) is 3.44. The van der Waals surface area contributed by atoms with Gasteiger partial charge in [0.2, 0.25) is 10.0 Å². The number of terminal acetylenes is 1. The first-order valence-electron chi connectivity index (χ1n) is 9.35. The number of carbonyl (C=O) groups is 1. The number of para-hydroxylation sites is 1. The summed E-state index contributed by atoms with van der Waals surface area (Å²) in [6.45, 7) is 7.79. The Morgan fingerprint density at radius 1 is 1.13 bits per heavy atom. The van der Waals surface area contributed by atoms with Gasteiger partial charge in [0.25, 0.3) is 5.91 Å². The summed E-state index contributed by atoms with van der Waals surface area (Å²) in [5.74, 6) is 2.11. The molecular weight excluding hydrogens is 430 g/mol. The topological polar surface area (TPSA) is 71.7 Å². The molecule has 0 atom stereocenters. The largest absolute Gasteiger partial charge is 0.305 e. The Bertz CT molecular complexity index is 1330. The molecule has 8 heteroatoms. The van der Waals surface area contributed by atoms with Crippen molar-refractivity contribution in [2.75, 3.05) is 13.1 Å². The molecule has 6 nitrogen and oxygen atoms in total. The van der Waals surface area contributed by atoms with Gasteiger partial charge in [0.1, 0.15) is 0 Å². The monoisotopic (exact) mass is 451 g/mol. The highest BCUT2D eigenvalue weighted by atomic mass is 32.2. The number of nitrogens with zero attached hydrogens (tertiary/aromatic N) is 3. The molecule has 1 amide bonds. The van der Waals surface area contributed by atoms with E-state index >= 15 is 0 Å². The molecule has 1 aromatic heterocycles. The number of carbonyl (C=O) groups excluding carboxylic acids is 1. The lowest BCUT2D eigenvalue weighted by atomic mass is 10.2. The maximum atomic E-state index is 12.8. The third-order valence-corrected chi connectivity index (χ3v) is 7.34. The van der Waals surface area contributed by atoms with Crippen LogP contribution in [0.25, 0.3) is 10.2 Å². The first-order valence-corrected chi connectivity index (χ1v) is 11.6. The molecule has 0 aliphatic carbocycles. The molecule has 158 valence electrons. The Hall–Kier alpha value is -3.25. The minimum atomic E-state index is -3.73. The van der Waals surface area contributed by atoms with Crippen LogP contribution in [0.3, 0.4) is 0 Å². The Balaban J connectivity index is 1.95. The number of sulfonamides is 1. The summed E-state index contributed by atoms with van der Waals surface area (Å²) in [5.41, 5.74) is 1.19. The maximum Gasteiger partial charge on any atom is 0.279 e. The first-order chi connectivity index (χ1) is 14.9. The Morgan fingerprint density at radius 2 is 1.77 bits per heavy atom. The van der Waals surface area contributed by atoms with Crippen molar-refractivity contribution in [1.82, 2.24) is 8.87 Å². The maximum absolute atomic E-state index is 12.8. The molecule has 3 aromatic rings. The summed E-state index contributed by atoms with van der Waals surface area (Å²) in [4.78, 5) is 17.5. The van der Waals surface area contributed by atoms with E-state index in [0.717, 1.165) is 10.2 Å². The second kappa shape index (κ2) is 9.71. The van der Waals surface area contributed by atoms with E-state index in [-0.39, 0.29) is 30.1 Å². The van der Waals surface area contributed by atoms with Gasteiger partial charge in [-0.2, -0.15) is 9.30 Å². The number of benzene rings is 2. The van der Waals surface area contributed by atoms with Crippen LogP contribution in [-0.2, 0) is 16.6 Å². The van der Waals surface area contributed by atoms with Crippen LogP contribution in [0.1, 0.15) is 10.4 Å². The Kier molecular flexibility index (Phi) is 7.02. The van der Waals surface area contributed by atoms with E-state index in [1.807, 2.05) is 24.3 Å². The lowest BCUT2D eigenvalue weighted by Gasteiger charge is -2.19. The smallest absolute Gasteiger partial charge is 0.279 e. The molecule has 0 radical (unpaired) electrons. The number of hydrogen-bond acceptors (Lipinski definition) is 4. The van der Waals surface area contributed by atoms with Crippen molar-refractivity contribution in [2.45, 2.75) is 11.4 Å². The highest BCUT2D eigenvalue weighted by molar-refractivity contribution is 7.89. The molecule has 0 aliphatic rings. The zero-order chi connectivity index (χ0) is 22.4. The summed E-state index contributed by atoms with van der Waals surface area (Å²) in [6.07, 6.45) is 8.50. The summed E-state index contributed by atoms with van der Waals surface area (Å²) in [7, 11) is -3.73. The predicted molar refractivity (Wildman–Crippen MR) is 124 cm³/mol. The van der Waals surface area contributed by atoms with Crippen LogP contribution in [0, 0.1) is 12.3 Å². The van der Waals surface area contributed by atoms with Gasteiger partial charge in [-0.15, -0.1) is 19.6 Å². The van der Waals surface area contributed by atoms with Gasteiger partial charge < -0.3 is 4.57 Å². The molecule has 1 heterocycles. The van der Waals surface area contributed by atoms with Crippen LogP contribution < -0.4 is 4.80 Å². The van der Waals surface area contributed by atoms with Crippen molar-refractivity contribution in [3.05, 3.63) is 84.2 Å². The van der Waals surface area contributed by atoms with E-state index < -0.39 is 15.9 Å². The van der Waals surface area contributed by atoms with Crippen molar-refractivity contribution < 1.29 is 13.2 Å². The molecule has 0 N–H and O–H groups in total. The summed E-state index contributed by atoms with van der Waals surface area (Å²) < 4.78 is 29.6. The normalized spacial score (nSPS) is 12.1. The molecule has 3 rings (SSSR count). The third kappa shape index (κ3) is 4.75. The van der Waals surface area contributed by atoms with Crippen LogP contribution >= 0.6 is 11.3 Å². The lowest BCUT2D eigenvalue weighted by molar-refractivity contribution is 0.0998. The van der Waals surface area contributed by atoms with Gasteiger partial charge in [0, 0.05) is 18.7 Å². The molecule has 2 aromatic carbocycles. The van der Waals surface area contributed by atoms with Crippen LogP contribution in [0.2, 0.25) is 0 Å². The summed E-state index contributed by atoms with van der Waals surface area (Å²) in [5, 5.41) is 0. The van der Waals surface area contributed by atoms with Crippen molar-refractivity contribution in [3.8, 4) is 12.3 Å². The fraction of sp³-hybridized carbons (Fsp3) is 0.130. The van der Waals surface area contributed by atoms with Crippen molar-refractivity contribution in [2.24, 2.45) is 4.99 Å². The average Bonchev–Trinajstić information content (AvgIpc) is 3.11. The minimum Gasteiger partial charge on any atom is -0.305 e. The van der Waals surface area contributed by atoms with Gasteiger partial charge in [0.05, 0.1) is 21.7 Å². The SMILES string of the molecule is C#CCn1c(=NC(=O)c2ccc(S(=O)(=O)N(CC=C)CC=C)cc2)sc2ccccc21. The number of fused-ring (bicyclic) bond motifs is 1. The van der Waals surface area contributed by atoms with Gasteiger partial charge in [-0.3, -0.25) is 4.79 Å². The van der Waals surface area contributed by atoms with Crippen LogP contribution in [-0.4, -0.2) is 36.3 Å². The van der Waals surface area contributed by atoms with E-state index in [4.69, 9.17) is 6.42 Å². The molecule has 0 bridgehead atoms. The molecule has 0 spiro atoms. The second-order valence-electron chi connectivity index (χ2n) is 6.48. The standard InChI is InChI=1S/C23H21N3O3S2/c1-4-15-25(16-5-2)31(28,29)19-13-11-18(12-14-19)22(27)24-23-26(17-6-3)20-9-7-8-10-21(20)30-23/h3-5,7-14H,1-2,15-17H2. The number of rotatable bonds is 8. The molecule has 0 aliphatic heterocycles. The van der Waals surface area contributed by atoms with E-state index in [9.17, 15) is 13.2 Å². The van der Waals surface area contributed by atoms with E-state index in [2.05, 4.69) is 24.1 Å². The number of thiazole rings is 1. The average molecular weight is 452 g/mol. The van der Waals surface area contributed by atoms with Crippen molar-refractivity contribution in [1.29, 1.82) is 0 Å². The van der Waals surface area contributed by atoms with Crippen LogP contribution in [0.5, 0.6) is 0 Å². The zero-order valence-electron chi connectivity index (χ0n) is 16.8. The van der Waals surface area contributed by atoms with E-state index in [1.165, 1.54) is 52.1 Å². The van der Waals surface area contributed by atoms with Gasteiger partial charge in [-0.05, 0) is 36.4 Å². The highest BCUT2D eigenvalue weighted by Gasteiger charge is 2.22. The third-order valence-electron chi connectivity index (χ3n) is 4.44. The van der Waals surface area contributed by atoms with Crippen LogP contribution in [0.4, 0.5) is 0 Å². The van der Waals surface area contributed by atoms with E-state index in [1.54, 1.807) is 4.57 Å². The molecule has 0 unspecified atom stereocenters. The fourth-order valence-electron chi connectivity index (χ4n) is 2.98.